The summed E-state index contributed by atoms with van der Waals surface area (Å²) in [5.41, 5.74) is -0.531. The molecule has 0 spiro atoms. The zero-order chi connectivity index (χ0) is 19.2. The summed E-state index contributed by atoms with van der Waals surface area (Å²) in [4.78, 5) is 36.5. The Morgan fingerprint density at radius 1 is 1.12 bits per heavy atom. The van der Waals surface area contributed by atoms with E-state index in [1.807, 2.05) is 20.8 Å². The number of hydrogen-bond acceptors (Lipinski definition) is 4. The summed E-state index contributed by atoms with van der Waals surface area (Å²) in [5, 5.41) is 12.2. The van der Waals surface area contributed by atoms with E-state index < -0.39 is 29.4 Å². The number of carboxylic acid groups (broad SMARTS) is 1. The van der Waals surface area contributed by atoms with Crippen LogP contribution in [0.5, 0.6) is 0 Å². The van der Waals surface area contributed by atoms with Crippen LogP contribution in [-0.2, 0) is 14.3 Å². The first kappa shape index (κ1) is 21.5. The van der Waals surface area contributed by atoms with Gasteiger partial charge in [0.2, 0.25) is 0 Å². The highest BCUT2D eigenvalue weighted by Gasteiger charge is 2.38. The standard InChI is InChI=1S/C19H33NO5/c1-12(2)25-18(24)20-16(13-9-7-6-8-10-13)15(21)11-14(17(22)23)19(3,4)5/h12-14,16H,6-11H2,1-5H3,(H,20,24)(H,22,23)/t14-,16+/m1/s1. The Balaban J connectivity index is 2.90. The zero-order valence-electron chi connectivity index (χ0n) is 16.1. The van der Waals surface area contributed by atoms with Gasteiger partial charge in [-0.15, -0.1) is 0 Å². The molecule has 144 valence electrons. The molecule has 0 aromatic heterocycles. The Labute approximate surface area is 150 Å². The van der Waals surface area contributed by atoms with Gasteiger partial charge in [0.15, 0.2) is 5.78 Å². The summed E-state index contributed by atoms with van der Waals surface area (Å²) in [5.74, 6) is -1.92. The van der Waals surface area contributed by atoms with Crippen molar-refractivity contribution in [1.82, 2.24) is 5.32 Å². The quantitative estimate of drug-likeness (QED) is 0.725. The third-order valence-corrected chi connectivity index (χ3v) is 4.83. The molecule has 0 heterocycles. The van der Waals surface area contributed by atoms with Gasteiger partial charge in [0.25, 0.3) is 0 Å². The highest BCUT2D eigenvalue weighted by molar-refractivity contribution is 5.90. The third-order valence-electron chi connectivity index (χ3n) is 4.83. The molecule has 0 aliphatic heterocycles. The average molecular weight is 355 g/mol. The van der Waals surface area contributed by atoms with Crippen molar-refractivity contribution < 1.29 is 24.2 Å². The number of carboxylic acids is 1. The van der Waals surface area contributed by atoms with Crippen LogP contribution in [0.2, 0.25) is 0 Å². The maximum atomic E-state index is 12.9. The molecule has 1 aliphatic carbocycles. The van der Waals surface area contributed by atoms with Gasteiger partial charge in [0.05, 0.1) is 18.1 Å². The fourth-order valence-corrected chi connectivity index (χ4v) is 3.40. The topological polar surface area (TPSA) is 92.7 Å². The van der Waals surface area contributed by atoms with E-state index in [4.69, 9.17) is 4.74 Å². The predicted octanol–water partition coefficient (Wildman–Crippen LogP) is 3.78. The summed E-state index contributed by atoms with van der Waals surface area (Å²) in [6, 6.07) is -0.671. The van der Waals surface area contributed by atoms with Crippen molar-refractivity contribution >= 4 is 17.8 Å². The molecule has 0 unspecified atom stereocenters. The summed E-state index contributed by atoms with van der Waals surface area (Å²) >= 11 is 0. The average Bonchev–Trinajstić information content (AvgIpc) is 2.48. The van der Waals surface area contributed by atoms with E-state index in [2.05, 4.69) is 5.32 Å². The molecule has 6 nitrogen and oxygen atoms in total. The van der Waals surface area contributed by atoms with Gasteiger partial charge in [0, 0.05) is 6.42 Å². The van der Waals surface area contributed by atoms with Crippen LogP contribution in [0, 0.1) is 17.3 Å². The Bertz CT molecular complexity index is 475. The van der Waals surface area contributed by atoms with Crippen LogP contribution in [0.3, 0.4) is 0 Å². The van der Waals surface area contributed by atoms with E-state index in [0.717, 1.165) is 32.1 Å². The number of hydrogen-bond donors (Lipinski definition) is 2. The van der Waals surface area contributed by atoms with Gasteiger partial charge in [-0.25, -0.2) is 4.79 Å². The molecular weight excluding hydrogens is 322 g/mol. The largest absolute Gasteiger partial charge is 0.481 e. The summed E-state index contributed by atoms with van der Waals surface area (Å²) in [6.07, 6.45) is 3.95. The van der Waals surface area contributed by atoms with Crippen molar-refractivity contribution in [2.24, 2.45) is 17.3 Å². The van der Waals surface area contributed by atoms with Crippen molar-refractivity contribution in [3.63, 3.8) is 0 Å². The van der Waals surface area contributed by atoms with E-state index in [1.165, 1.54) is 0 Å². The molecule has 2 atom stereocenters. The second-order valence-corrected chi connectivity index (χ2v) is 8.40. The first-order valence-electron chi connectivity index (χ1n) is 9.25. The fourth-order valence-electron chi connectivity index (χ4n) is 3.40. The van der Waals surface area contributed by atoms with Crippen LogP contribution in [0.25, 0.3) is 0 Å². The highest BCUT2D eigenvalue weighted by Crippen LogP contribution is 2.32. The van der Waals surface area contributed by atoms with Crippen molar-refractivity contribution in [2.75, 3.05) is 0 Å². The van der Waals surface area contributed by atoms with E-state index in [1.54, 1.807) is 13.8 Å². The Hall–Kier alpha value is -1.59. The predicted molar refractivity (Wildman–Crippen MR) is 95.3 cm³/mol. The highest BCUT2D eigenvalue weighted by atomic mass is 16.6. The number of alkyl carbamates (subject to hydrolysis) is 1. The number of carbonyl (C=O) groups is 3. The molecule has 0 bridgehead atoms. The van der Waals surface area contributed by atoms with Crippen molar-refractivity contribution in [1.29, 1.82) is 0 Å². The van der Waals surface area contributed by atoms with Crippen LogP contribution in [0.1, 0.15) is 73.1 Å². The van der Waals surface area contributed by atoms with Crippen molar-refractivity contribution in [2.45, 2.75) is 85.3 Å². The van der Waals surface area contributed by atoms with Crippen LogP contribution < -0.4 is 5.32 Å². The molecule has 25 heavy (non-hydrogen) atoms. The Kier molecular flexibility index (Phi) is 7.90. The second kappa shape index (κ2) is 9.20. The number of Topliss-reactive ketones (excluding diaryl/α,β-unsaturated/α-hetero) is 1. The molecule has 6 heteroatoms. The molecule has 0 radical (unpaired) electrons. The molecule has 0 aromatic carbocycles. The van der Waals surface area contributed by atoms with Gasteiger partial charge < -0.3 is 15.2 Å². The summed E-state index contributed by atoms with van der Waals surface area (Å²) < 4.78 is 5.12. The van der Waals surface area contributed by atoms with Gasteiger partial charge >= 0.3 is 12.1 Å². The lowest BCUT2D eigenvalue weighted by atomic mass is 9.75. The lowest BCUT2D eigenvalue weighted by Gasteiger charge is -2.32. The van der Waals surface area contributed by atoms with Crippen molar-refractivity contribution in [3.05, 3.63) is 0 Å². The number of rotatable bonds is 7. The lowest BCUT2D eigenvalue weighted by molar-refractivity contribution is -0.148. The van der Waals surface area contributed by atoms with Gasteiger partial charge in [-0.05, 0) is 38.0 Å². The number of ketones is 1. The van der Waals surface area contributed by atoms with Gasteiger partial charge in [0.1, 0.15) is 0 Å². The number of ether oxygens (including phenoxy) is 1. The Morgan fingerprint density at radius 3 is 2.12 bits per heavy atom. The third kappa shape index (κ3) is 7.04. The lowest BCUT2D eigenvalue weighted by Crippen LogP contribution is -2.48. The summed E-state index contributed by atoms with van der Waals surface area (Å²) in [6.45, 7) is 8.94. The molecule has 2 N–H and O–H groups in total. The van der Waals surface area contributed by atoms with Crippen LogP contribution >= 0.6 is 0 Å². The first-order chi connectivity index (χ1) is 11.5. The molecular formula is C19H33NO5. The van der Waals surface area contributed by atoms with Crippen LogP contribution in [-0.4, -0.2) is 35.1 Å². The minimum atomic E-state index is -0.979. The Morgan fingerprint density at radius 2 is 1.68 bits per heavy atom. The van der Waals surface area contributed by atoms with E-state index in [-0.39, 0.29) is 24.2 Å². The fraction of sp³-hybridized carbons (Fsp3) is 0.842. The van der Waals surface area contributed by atoms with Gasteiger partial charge in [-0.1, -0.05) is 40.0 Å². The zero-order valence-corrected chi connectivity index (χ0v) is 16.1. The number of carbonyl (C=O) groups excluding carboxylic acids is 2. The summed E-state index contributed by atoms with van der Waals surface area (Å²) in [7, 11) is 0. The molecule has 1 saturated carbocycles. The first-order valence-corrected chi connectivity index (χ1v) is 9.25. The molecule has 1 rings (SSSR count). The maximum Gasteiger partial charge on any atom is 0.407 e. The minimum Gasteiger partial charge on any atom is -0.481 e. The molecule has 1 amide bonds. The molecule has 0 saturated heterocycles. The van der Waals surface area contributed by atoms with E-state index in [0.29, 0.717) is 0 Å². The van der Waals surface area contributed by atoms with Crippen molar-refractivity contribution in [3.8, 4) is 0 Å². The van der Waals surface area contributed by atoms with E-state index in [9.17, 15) is 19.5 Å². The molecule has 1 fully saturated rings. The van der Waals surface area contributed by atoms with Gasteiger partial charge in [-0.3, -0.25) is 9.59 Å². The second-order valence-electron chi connectivity index (χ2n) is 8.40. The van der Waals surface area contributed by atoms with Crippen LogP contribution in [0.4, 0.5) is 4.79 Å². The van der Waals surface area contributed by atoms with Gasteiger partial charge in [-0.2, -0.15) is 0 Å². The molecule has 0 aromatic rings. The van der Waals surface area contributed by atoms with E-state index >= 15 is 0 Å². The minimum absolute atomic E-state index is 0.0513. The smallest absolute Gasteiger partial charge is 0.407 e. The normalized spacial score (nSPS) is 18.5. The number of aliphatic carboxylic acids is 1. The molecule has 1 aliphatic rings. The monoisotopic (exact) mass is 355 g/mol. The van der Waals surface area contributed by atoms with Crippen LogP contribution in [0.15, 0.2) is 0 Å². The SMILES string of the molecule is CC(C)OC(=O)N[C@H](C(=O)C[C@H](C(=O)O)C(C)(C)C)C1CCCCC1. The number of amides is 1. The number of nitrogens with one attached hydrogen (secondary N) is 1. The maximum absolute atomic E-state index is 12.9.